The number of nitrogens with zero attached hydrogens (tertiary/aromatic N) is 3. The summed E-state index contributed by atoms with van der Waals surface area (Å²) in [5, 5.41) is 42.1. The summed E-state index contributed by atoms with van der Waals surface area (Å²) in [6.45, 7) is 2.07. The summed E-state index contributed by atoms with van der Waals surface area (Å²) >= 11 is 2.67. The molecular formula is C30H23N3O6S2. The maximum absolute atomic E-state index is 13.9. The Labute approximate surface area is 242 Å². The second-order valence-electron chi connectivity index (χ2n) is 8.95. The van der Waals surface area contributed by atoms with Crippen LogP contribution >= 0.6 is 23.1 Å². The summed E-state index contributed by atoms with van der Waals surface area (Å²) in [5.41, 5.74) is 1.95. The highest BCUT2D eigenvalue weighted by molar-refractivity contribution is 8.00. The number of carbonyl (C=O) groups excluding carboxylic acids is 1. The Bertz CT molecular complexity index is 1840. The zero-order chi connectivity index (χ0) is 28.5. The zero-order valence-corrected chi connectivity index (χ0v) is 23.3. The molecule has 0 aliphatic rings. The van der Waals surface area contributed by atoms with Crippen molar-refractivity contribution in [2.75, 3.05) is 6.61 Å². The van der Waals surface area contributed by atoms with Crippen molar-refractivity contribution in [3.05, 3.63) is 95.7 Å². The van der Waals surface area contributed by atoms with Gasteiger partial charge in [0.2, 0.25) is 16.8 Å². The van der Waals surface area contributed by atoms with Crippen LogP contribution in [0.4, 0.5) is 0 Å². The Kier molecular flexibility index (Phi) is 7.12. The average Bonchev–Trinajstić information content (AvgIpc) is 3.70. The first-order valence-corrected chi connectivity index (χ1v) is 14.4. The van der Waals surface area contributed by atoms with Crippen LogP contribution in [-0.2, 0) is 5.75 Å². The molecule has 41 heavy (non-hydrogen) atoms. The van der Waals surface area contributed by atoms with Crippen LogP contribution in [0.15, 0.2) is 87.6 Å². The number of carbonyl (C=O) groups is 1. The quantitative estimate of drug-likeness (QED) is 0.124. The molecule has 0 unspecified atom stereocenters. The van der Waals surface area contributed by atoms with Gasteiger partial charge in [0.05, 0.1) is 17.9 Å². The number of benzene rings is 3. The van der Waals surface area contributed by atoms with Crippen molar-refractivity contribution in [1.82, 2.24) is 14.8 Å². The summed E-state index contributed by atoms with van der Waals surface area (Å²) < 4.78 is 13.3. The fourth-order valence-corrected chi connectivity index (χ4v) is 6.25. The van der Waals surface area contributed by atoms with E-state index < -0.39 is 17.4 Å². The lowest BCUT2D eigenvalue weighted by atomic mass is 10.0. The fraction of sp³-hybridized carbons (Fsp3) is 0.100. The van der Waals surface area contributed by atoms with Crippen LogP contribution in [0.3, 0.4) is 0 Å². The van der Waals surface area contributed by atoms with E-state index in [-0.39, 0.29) is 40.3 Å². The lowest BCUT2D eigenvalue weighted by Gasteiger charge is -2.11. The van der Waals surface area contributed by atoms with Crippen molar-refractivity contribution in [3.8, 4) is 39.5 Å². The number of phenols is 1. The second kappa shape index (κ2) is 11.0. The highest BCUT2D eigenvalue weighted by atomic mass is 32.2. The van der Waals surface area contributed by atoms with Crippen LogP contribution < -0.4 is 4.74 Å². The highest BCUT2D eigenvalue weighted by Crippen LogP contribution is 2.46. The topological polar surface area (TPSA) is 131 Å². The first kappa shape index (κ1) is 26.5. The molecule has 0 atom stereocenters. The number of hydrogen-bond acceptors (Lipinski definition) is 10. The molecule has 3 N–H and O–H groups in total. The molecule has 3 aromatic heterocycles. The molecule has 0 spiro atoms. The summed E-state index contributed by atoms with van der Waals surface area (Å²) in [4.78, 5) is 13.9. The molecule has 9 nitrogen and oxygen atoms in total. The van der Waals surface area contributed by atoms with Crippen LogP contribution in [0, 0.1) is 0 Å². The standard InChI is InChI=1S/C30H23N3O6S2/c1-2-38-22-15-19(12-13-20(22)34)25-24(26(35)23-14-18-10-6-7-11-21(18)39-23)27(36)28(37)33(25)29-31-32-30(41-29)40-16-17-8-4-3-5-9-17/h3-15,34,36-37H,2,16H2,1H3. The third-order valence-electron chi connectivity index (χ3n) is 6.32. The normalized spacial score (nSPS) is 11.2. The van der Waals surface area contributed by atoms with Crippen LogP contribution in [0.5, 0.6) is 23.1 Å². The Morgan fingerprint density at radius 1 is 1.00 bits per heavy atom. The van der Waals surface area contributed by atoms with Gasteiger partial charge in [-0.2, -0.15) is 0 Å². The minimum atomic E-state index is -0.642. The smallest absolute Gasteiger partial charge is 0.242 e. The first-order chi connectivity index (χ1) is 19.9. The Balaban J connectivity index is 1.49. The van der Waals surface area contributed by atoms with Crippen LogP contribution in [0.2, 0.25) is 0 Å². The SMILES string of the molecule is CCOc1cc(-c2c(C(=O)c3cc4ccccc4o3)c(O)c(O)n2-c2nnc(SCc3ccccc3)s2)ccc1O. The Morgan fingerprint density at radius 2 is 1.78 bits per heavy atom. The van der Waals surface area contributed by atoms with Gasteiger partial charge in [0.1, 0.15) is 5.58 Å². The van der Waals surface area contributed by atoms with Gasteiger partial charge in [0.15, 0.2) is 27.3 Å². The molecule has 0 amide bonds. The van der Waals surface area contributed by atoms with Gasteiger partial charge in [-0.05, 0) is 42.8 Å². The van der Waals surface area contributed by atoms with Gasteiger partial charge in [-0.25, -0.2) is 0 Å². The Hall–Kier alpha value is -4.74. The third kappa shape index (κ3) is 5.01. The number of para-hydroxylation sites is 1. The number of aromatic hydroxyl groups is 3. The van der Waals surface area contributed by atoms with E-state index in [1.54, 1.807) is 31.2 Å². The van der Waals surface area contributed by atoms with E-state index in [1.807, 2.05) is 42.5 Å². The van der Waals surface area contributed by atoms with Gasteiger partial charge in [-0.3, -0.25) is 9.36 Å². The molecule has 3 aromatic carbocycles. The number of ether oxygens (including phenoxy) is 1. The number of furan rings is 1. The molecule has 206 valence electrons. The lowest BCUT2D eigenvalue weighted by molar-refractivity contribution is 0.101. The van der Waals surface area contributed by atoms with Crippen molar-refractivity contribution in [3.63, 3.8) is 0 Å². The number of ketones is 1. The van der Waals surface area contributed by atoms with Gasteiger partial charge in [0, 0.05) is 16.7 Å². The summed E-state index contributed by atoms with van der Waals surface area (Å²) in [7, 11) is 0. The van der Waals surface area contributed by atoms with Crippen molar-refractivity contribution in [2.24, 2.45) is 0 Å². The zero-order valence-electron chi connectivity index (χ0n) is 21.6. The van der Waals surface area contributed by atoms with Gasteiger partial charge in [-0.15, -0.1) is 10.2 Å². The molecule has 11 heteroatoms. The third-order valence-corrected chi connectivity index (χ3v) is 8.44. The van der Waals surface area contributed by atoms with Crippen molar-refractivity contribution < 1.29 is 29.3 Å². The molecule has 0 saturated heterocycles. The van der Waals surface area contributed by atoms with Gasteiger partial charge >= 0.3 is 0 Å². The predicted octanol–water partition coefficient (Wildman–Crippen LogP) is 6.78. The fourth-order valence-electron chi connectivity index (χ4n) is 4.44. The molecule has 0 radical (unpaired) electrons. The van der Waals surface area contributed by atoms with Crippen molar-refractivity contribution >= 4 is 39.9 Å². The summed E-state index contributed by atoms with van der Waals surface area (Å²) in [6, 6.07) is 23.2. The molecule has 3 heterocycles. The predicted molar refractivity (Wildman–Crippen MR) is 156 cm³/mol. The van der Waals surface area contributed by atoms with E-state index in [0.717, 1.165) is 5.56 Å². The average molecular weight is 586 g/mol. The molecule has 0 aliphatic carbocycles. The molecule has 6 aromatic rings. The number of phenolic OH excluding ortho intramolecular Hbond substituents is 1. The number of thioether (sulfide) groups is 1. The molecule has 0 bridgehead atoms. The minimum absolute atomic E-state index is 0.0138. The number of rotatable bonds is 9. The van der Waals surface area contributed by atoms with E-state index in [4.69, 9.17) is 9.15 Å². The number of fused-ring (bicyclic) bond motifs is 1. The minimum Gasteiger partial charge on any atom is -0.504 e. The number of hydrogen-bond donors (Lipinski definition) is 3. The molecule has 0 saturated carbocycles. The van der Waals surface area contributed by atoms with E-state index in [9.17, 15) is 20.1 Å². The highest BCUT2D eigenvalue weighted by Gasteiger charge is 2.33. The van der Waals surface area contributed by atoms with E-state index in [1.165, 1.54) is 39.8 Å². The van der Waals surface area contributed by atoms with Crippen LogP contribution in [-0.4, -0.2) is 42.5 Å². The summed E-state index contributed by atoms with van der Waals surface area (Å²) in [6.07, 6.45) is 0. The maximum atomic E-state index is 13.9. The van der Waals surface area contributed by atoms with E-state index >= 15 is 0 Å². The molecule has 6 rings (SSSR count). The van der Waals surface area contributed by atoms with Gasteiger partial charge in [0.25, 0.3) is 0 Å². The maximum Gasteiger partial charge on any atom is 0.242 e. The lowest BCUT2D eigenvalue weighted by Crippen LogP contribution is -2.04. The van der Waals surface area contributed by atoms with Crippen molar-refractivity contribution in [2.45, 2.75) is 17.0 Å². The van der Waals surface area contributed by atoms with Gasteiger partial charge in [-0.1, -0.05) is 71.6 Å². The van der Waals surface area contributed by atoms with Crippen LogP contribution in [0.1, 0.15) is 28.6 Å². The largest absolute Gasteiger partial charge is 0.504 e. The summed E-state index contributed by atoms with van der Waals surface area (Å²) in [5.74, 6) is -1.13. The molecular weight excluding hydrogens is 562 g/mol. The van der Waals surface area contributed by atoms with Crippen molar-refractivity contribution in [1.29, 1.82) is 0 Å². The second-order valence-corrected chi connectivity index (χ2v) is 11.1. The van der Waals surface area contributed by atoms with Crippen LogP contribution in [0.25, 0.3) is 27.4 Å². The number of aromatic nitrogens is 3. The van der Waals surface area contributed by atoms with E-state index in [2.05, 4.69) is 10.2 Å². The Morgan fingerprint density at radius 3 is 2.56 bits per heavy atom. The molecule has 0 aliphatic heterocycles. The first-order valence-electron chi connectivity index (χ1n) is 12.6. The molecule has 0 fully saturated rings. The monoisotopic (exact) mass is 585 g/mol. The van der Waals surface area contributed by atoms with E-state index in [0.29, 0.717) is 26.6 Å². The van der Waals surface area contributed by atoms with Gasteiger partial charge < -0.3 is 24.5 Å².